The van der Waals surface area contributed by atoms with Gasteiger partial charge in [-0.3, -0.25) is 9.71 Å². The van der Waals surface area contributed by atoms with Crippen molar-refractivity contribution in [2.24, 2.45) is 5.10 Å². The molecule has 0 atom stereocenters. The lowest BCUT2D eigenvalue weighted by Crippen LogP contribution is -2.27. The molecule has 0 fully saturated rings. The van der Waals surface area contributed by atoms with Gasteiger partial charge in [-0.05, 0) is 47.8 Å². The lowest BCUT2D eigenvalue weighted by atomic mass is 10.2. The van der Waals surface area contributed by atoms with E-state index < -0.39 is 6.03 Å². The zero-order valence-corrected chi connectivity index (χ0v) is 12.2. The standard InChI is InChI=1S/C14H12N4O3S/c19-14(18-22-11-2-1-5-15-8-11)17-16-7-10-3-4-12-13(6-10)21-9-20-12/h1-8H,9H2,(H2,17,18,19)/b16-7+. The van der Waals surface area contributed by atoms with Crippen molar-refractivity contribution in [3.8, 4) is 11.5 Å². The normalized spacial score (nSPS) is 12.4. The zero-order valence-electron chi connectivity index (χ0n) is 11.4. The Morgan fingerprint density at radius 3 is 3.09 bits per heavy atom. The smallest absolute Gasteiger partial charge is 0.345 e. The van der Waals surface area contributed by atoms with Crippen LogP contribution in [0.25, 0.3) is 0 Å². The number of hydrazone groups is 1. The minimum Gasteiger partial charge on any atom is -0.454 e. The maximum absolute atomic E-state index is 11.6. The predicted octanol–water partition coefficient (Wildman–Crippen LogP) is 2.15. The van der Waals surface area contributed by atoms with E-state index in [1.165, 1.54) is 6.21 Å². The van der Waals surface area contributed by atoms with Crippen LogP contribution in [0.5, 0.6) is 11.5 Å². The summed E-state index contributed by atoms with van der Waals surface area (Å²) in [6.45, 7) is 0.224. The highest BCUT2D eigenvalue weighted by molar-refractivity contribution is 7.98. The summed E-state index contributed by atoms with van der Waals surface area (Å²) in [6.07, 6.45) is 4.84. The maximum Gasteiger partial charge on any atom is 0.345 e. The molecule has 2 heterocycles. The number of urea groups is 1. The monoisotopic (exact) mass is 316 g/mol. The second-order valence-electron chi connectivity index (χ2n) is 4.20. The number of pyridine rings is 1. The molecule has 1 aliphatic heterocycles. The number of rotatable bonds is 4. The minimum atomic E-state index is -0.425. The number of hydrogen-bond acceptors (Lipinski definition) is 6. The van der Waals surface area contributed by atoms with Crippen molar-refractivity contribution in [1.82, 2.24) is 15.1 Å². The first-order chi connectivity index (χ1) is 10.8. The maximum atomic E-state index is 11.6. The van der Waals surface area contributed by atoms with Crippen molar-refractivity contribution < 1.29 is 14.3 Å². The van der Waals surface area contributed by atoms with Crippen LogP contribution < -0.4 is 19.6 Å². The molecule has 7 nitrogen and oxygen atoms in total. The molecule has 0 spiro atoms. The van der Waals surface area contributed by atoms with Crippen molar-refractivity contribution in [1.29, 1.82) is 0 Å². The molecule has 112 valence electrons. The molecule has 0 bridgehead atoms. The van der Waals surface area contributed by atoms with E-state index in [2.05, 4.69) is 20.2 Å². The number of carbonyl (C=O) groups is 1. The van der Waals surface area contributed by atoms with Crippen molar-refractivity contribution in [2.75, 3.05) is 6.79 Å². The fourth-order valence-electron chi connectivity index (χ4n) is 1.69. The first-order valence-corrected chi connectivity index (χ1v) is 7.18. The van der Waals surface area contributed by atoms with E-state index in [-0.39, 0.29) is 6.79 Å². The fourth-order valence-corrected chi connectivity index (χ4v) is 2.21. The Kier molecular flexibility index (Phi) is 4.40. The van der Waals surface area contributed by atoms with Crippen LogP contribution in [0.3, 0.4) is 0 Å². The van der Waals surface area contributed by atoms with E-state index in [1.807, 2.05) is 12.1 Å². The van der Waals surface area contributed by atoms with Gasteiger partial charge in [-0.15, -0.1) is 0 Å². The van der Waals surface area contributed by atoms with E-state index in [4.69, 9.17) is 9.47 Å². The molecule has 2 amide bonds. The Hall–Kier alpha value is -2.74. The third kappa shape index (κ3) is 3.67. The SMILES string of the molecule is O=C(N/N=C/c1ccc2c(c1)OCO2)NSc1cccnc1. The van der Waals surface area contributed by atoms with E-state index in [0.29, 0.717) is 11.5 Å². The Morgan fingerprint density at radius 1 is 1.32 bits per heavy atom. The molecule has 0 saturated heterocycles. The quantitative estimate of drug-likeness (QED) is 0.513. The number of hydrogen-bond donors (Lipinski definition) is 2. The molecule has 0 radical (unpaired) electrons. The molecule has 2 aromatic rings. The van der Waals surface area contributed by atoms with Crippen molar-refractivity contribution in [3.63, 3.8) is 0 Å². The topological polar surface area (TPSA) is 84.8 Å². The van der Waals surface area contributed by atoms with Crippen LogP contribution in [0.2, 0.25) is 0 Å². The summed E-state index contributed by atoms with van der Waals surface area (Å²) in [5.41, 5.74) is 3.17. The molecule has 1 aliphatic rings. The molecule has 3 rings (SSSR count). The molecule has 8 heteroatoms. The minimum absolute atomic E-state index is 0.224. The van der Waals surface area contributed by atoms with Crippen molar-refractivity contribution in [2.45, 2.75) is 4.90 Å². The molecule has 0 unspecified atom stereocenters. The van der Waals surface area contributed by atoms with Gasteiger partial charge in [0, 0.05) is 17.3 Å². The number of nitrogens with one attached hydrogen (secondary N) is 2. The van der Waals surface area contributed by atoms with Gasteiger partial charge in [0.1, 0.15) is 0 Å². The van der Waals surface area contributed by atoms with Gasteiger partial charge >= 0.3 is 6.03 Å². The van der Waals surface area contributed by atoms with Gasteiger partial charge < -0.3 is 9.47 Å². The average molecular weight is 316 g/mol. The first kappa shape index (κ1) is 14.2. The Labute approximate surface area is 130 Å². The molecule has 2 N–H and O–H groups in total. The Bertz CT molecular complexity index is 694. The Morgan fingerprint density at radius 2 is 2.23 bits per heavy atom. The van der Waals surface area contributed by atoms with Crippen LogP contribution in [-0.4, -0.2) is 24.0 Å². The molecule has 1 aromatic carbocycles. The number of carbonyl (C=O) groups excluding carboxylic acids is 1. The van der Waals surface area contributed by atoms with Gasteiger partial charge in [-0.25, -0.2) is 10.2 Å². The van der Waals surface area contributed by atoms with Crippen molar-refractivity contribution >= 4 is 24.2 Å². The summed E-state index contributed by atoms with van der Waals surface area (Å²) < 4.78 is 13.1. The summed E-state index contributed by atoms with van der Waals surface area (Å²) in [5, 5.41) is 3.87. The summed E-state index contributed by atoms with van der Waals surface area (Å²) in [6, 6.07) is 8.61. The van der Waals surface area contributed by atoms with E-state index >= 15 is 0 Å². The number of aromatic nitrogens is 1. The number of fused-ring (bicyclic) bond motifs is 1. The highest BCUT2D eigenvalue weighted by atomic mass is 32.2. The number of nitrogens with zero attached hydrogens (tertiary/aromatic N) is 2. The highest BCUT2D eigenvalue weighted by Gasteiger charge is 2.12. The van der Waals surface area contributed by atoms with Gasteiger partial charge in [0.2, 0.25) is 6.79 Å². The van der Waals surface area contributed by atoms with Crippen molar-refractivity contribution in [3.05, 3.63) is 48.3 Å². The van der Waals surface area contributed by atoms with Gasteiger partial charge in [0.05, 0.1) is 6.21 Å². The summed E-state index contributed by atoms with van der Waals surface area (Å²) in [5.74, 6) is 1.37. The highest BCUT2D eigenvalue weighted by Crippen LogP contribution is 2.31. The summed E-state index contributed by atoms with van der Waals surface area (Å²) >= 11 is 1.16. The molecular weight excluding hydrogens is 304 g/mol. The predicted molar refractivity (Wildman–Crippen MR) is 81.9 cm³/mol. The van der Waals surface area contributed by atoms with Gasteiger partial charge in [-0.1, -0.05) is 0 Å². The van der Waals surface area contributed by atoms with E-state index in [9.17, 15) is 4.79 Å². The van der Waals surface area contributed by atoms with Gasteiger partial charge in [0.15, 0.2) is 11.5 Å². The van der Waals surface area contributed by atoms with Crippen LogP contribution in [-0.2, 0) is 0 Å². The second kappa shape index (κ2) is 6.81. The van der Waals surface area contributed by atoms with Crippen LogP contribution in [0.15, 0.2) is 52.7 Å². The lowest BCUT2D eigenvalue weighted by molar-refractivity contribution is 0.174. The van der Waals surface area contributed by atoms with Crippen LogP contribution >= 0.6 is 11.9 Å². The van der Waals surface area contributed by atoms with Crippen LogP contribution in [0.4, 0.5) is 4.79 Å². The number of amides is 2. The lowest BCUT2D eigenvalue weighted by Gasteiger charge is -2.02. The third-order valence-electron chi connectivity index (χ3n) is 2.67. The van der Waals surface area contributed by atoms with Gasteiger partial charge in [0.25, 0.3) is 0 Å². The van der Waals surface area contributed by atoms with E-state index in [0.717, 1.165) is 22.4 Å². The van der Waals surface area contributed by atoms with Gasteiger partial charge in [-0.2, -0.15) is 5.10 Å². The molecular formula is C14H12N4O3S. The Balaban J connectivity index is 1.48. The zero-order chi connectivity index (χ0) is 15.2. The number of benzene rings is 1. The van der Waals surface area contributed by atoms with E-state index in [1.54, 1.807) is 30.6 Å². The summed E-state index contributed by atoms with van der Waals surface area (Å²) in [7, 11) is 0. The first-order valence-electron chi connectivity index (χ1n) is 6.37. The largest absolute Gasteiger partial charge is 0.454 e. The van der Waals surface area contributed by atoms with Crippen LogP contribution in [0, 0.1) is 0 Å². The average Bonchev–Trinajstić information content (AvgIpc) is 3.02. The number of ether oxygens (including phenoxy) is 2. The summed E-state index contributed by atoms with van der Waals surface area (Å²) in [4.78, 5) is 16.4. The second-order valence-corrected chi connectivity index (χ2v) is 5.08. The fraction of sp³-hybridized carbons (Fsp3) is 0.0714. The third-order valence-corrected chi connectivity index (χ3v) is 3.44. The van der Waals surface area contributed by atoms with Crippen LogP contribution in [0.1, 0.15) is 5.56 Å². The molecule has 1 aromatic heterocycles. The molecule has 0 aliphatic carbocycles. The molecule has 0 saturated carbocycles. The molecule has 22 heavy (non-hydrogen) atoms.